The predicted octanol–water partition coefficient (Wildman–Crippen LogP) is 1.86. The third kappa shape index (κ3) is 4.12. The zero-order chi connectivity index (χ0) is 13.5. The van der Waals surface area contributed by atoms with Crippen molar-refractivity contribution in [2.45, 2.75) is 17.1 Å². The van der Waals surface area contributed by atoms with E-state index in [1.54, 1.807) is 18.2 Å². The second-order valence-corrected chi connectivity index (χ2v) is 4.78. The highest BCUT2D eigenvalue weighted by molar-refractivity contribution is 8.00. The molecule has 0 aromatic heterocycles. The lowest BCUT2D eigenvalue weighted by molar-refractivity contribution is -0.137. The lowest BCUT2D eigenvalue weighted by Crippen LogP contribution is -2.21. The number of benzene rings is 1. The van der Waals surface area contributed by atoms with Crippen molar-refractivity contribution < 1.29 is 19.4 Å². The van der Waals surface area contributed by atoms with Gasteiger partial charge in [0.2, 0.25) is 0 Å². The van der Waals surface area contributed by atoms with Crippen molar-refractivity contribution in [1.29, 1.82) is 0 Å². The number of rotatable bonds is 7. The molecule has 0 radical (unpaired) electrons. The molecule has 3 N–H and O–H groups in total. The maximum absolute atomic E-state index is 11.0. The van der Waals surface area contributed by atoms with Crippen LogP contribution in [0.1, 0.15) is 6.92 Å². The fourth-order valence-electron chi connectivity index (χ4n) is 1.33. The quantitative estimate of drug-likeness (QED) is 0.582. The van der Waals surface area contributed by atoms with Crippen LogP contribution in [-0.4, -0.2) is 36.6 Å². The van der Waals surface area contributed by atoms with Crippen LogP contribution in [0.4, 0.5) is 5.69 Å². The predicted molar refractivity (Wildman–Crippen MR) is 71.2 cm³/mol. The van der Waals surface area contributed by atoms with Gasteiger partial charge in [-0.15, -0.1) is 11.8 Å². The largest absolute Gasteiger partial charge is 0.494 e. The highest BCUT2D eigenvalue weighted by Crippen LogP contribution is 2.32. The standard InChI is InChI=1S/C12H17NO4S/c1-3-17-8-4-5-9(13)10(6-8)18-11(7-16-2)12(14)15/h4-6,11H,3,7,13H2,1-2H3,(H,14,15). The maximum Gasteiger partial charge on any atom is 0.319 e. The summed E-state index contributed by atoms with van der Waals surface area (Å²) in [7, 11) is 1.47. The second kappa shape index (κ2) is 7.13. The molecule has 0 saturated carbocycles. The highest BCUT2D eigenvalue weighted by Gasteiger charge is 2.20. The van der Waals surface area contributed by atoms with E-state index in [1.165, 1.54) is 7.11 Å². The van der Waals surface area contributed by atoms with Gasteiger partial charge in [-0.2, -0.15) is 0 Å². The molecule has 0 aliphatic carbocycles. The maximum atomic E-state index is 11.0. The van der Waals surface area contributed by atoms with Crippen molar-refractivity contribution in [2.24, 2.45) is 0 Å². The first-order chi connectivity index (χ1) is 8.58. The van der Waals surface area contributed by atoms with Crippen LogP contribution < -0.4 is 10.5 Å². The molecule has 0 bridgehead atoms. The monoisotopic (exact) mass is 271 g/mol. The first-order valence-electron chi connectivity index (χ1n) is 5.49. The van der Waals surface area contributed by atoms with Gasteiger partial charge in [0.15, 0.2) is 0 Å². The molecule has 0 spiro atoms. The summed E-state index contributed by atoms with van der Waals surface area (Å²) in [5.41, 5.74) is 6.35. The molecule has 0 aliphatic rings. The van der Waals surface area contributed by atoms with Crippen molar-refractivity contribution in [3.8, 4) is 5.75 Å². The van der Waals surface area contributed by atoms with E-state index in [4.69, 9.17) is 20.3 Å². The van der Waals surface area contributed by atoms with E-state index in [2.05, 4.69) is 0 Å². The molecule has 6 heteroatoms. The number of ether oxygens (including phenoxy) is 2. The van der Waals surface area contributed by atoms with Crippen molar-refractivity contribution >= 4 is 23.4 Å². The Morgan fingerprint density at radius 1 is 1.56 bits per heavy atom. The first-order valence-corrected chi connectivity index (χ1v) is 6.37. The average molecular weight is 271 g/mol. The minimum Gasteiger partial charge on any atom is -0.494 e. The van der Waals surface area contributed by atoms with Gasteiger partial charge < -0.3 is 20.3 Å². The Hall–Kier alpha value is -1.40. The van der Waals surface area contributed by atoms with Crippen molar-refractivity contribution in [1.82, 2.24) is 0 Å². The van der Waals surface area contributed by atoms with Gasteiger partial charge in [0.05, 0.1) is 13.2 Å². The summed E-state index contributed by atoms with van der Waals surface area (Å²) in [5, 5.41) is 8.37. The van der Waals surface area contributed by atoms with Crippen LogP contribution in [0.3, 0.4) is 0 Å². The van der Waals surface area contributed by atoms with Crippen LogP contribution >= 0.6 is 11.8 Å². The Morgan fingerprint density at radius 3 is 2.83 bits per heavy atom. The Kier molecular flexibility index (Phi) is 5.80. The summed E-state index contributed by atoms with van der Waals surface area (Å²) in [6.07, 6.45) is 0. The van der Waals surface area contributed by atoms with Crippen molar-refractivity contribution in [3.63, 3.8) is 0 Å². The van der Waals surface area contributed by atoms with E-state index < -0.39 is 11.2 Å². The minimum atomic E-state index is -0.928. The van der Waals surface area contributed by atoms with E-state index in [0.29, 0.717) is 22.9 Å². The van der Waals surface area contributed by atoms with E-state index in [-0.39, 0.29) is 6.61 Å². The number of carboxylic acids is 1. The fourth-order valence-corrected chi connectivity index (χ4v) is 2.33. The summed E-state index contributed by atoms with van der Waals surface area (Å²) >= 11 is 1.16. The average Bonchev–Trinajstić information content (AvgIpc) is 2.33. The number of hydrogen-bond acceptors (Lipinski definition) is 5. The highest BCUT2D eigenvalue weighted by atomic mass is 32.2. The van der Waals surface area contributed by atoms with E-state index in [1.807, 2.05) is 6.92 Å². The molecule has 1 atom stereocenters. The summed E-state index contributed by atoms with van der Waals surface area (Å²) in [6.45, 7) is 2.56. The number of methoxy groups -OCH3 is 1. The number of carbonyl (C=O) groups is 1. The smallest absolute Gasteiger partial charge is 0.319 e. The molecule has 0 aliphatic heterocycles. The molecule has 0 fully saturated rings. The van der Waals surface area contributed by atoms with E-state index >= 15 is 0 Å². The van der Waals surface area contributed by atoms with Crippen molar-refractivity contribution in [3.05, 3.63) is 18.2 Å². The molecule has 0 saturated heterocycles. The van der Waals surface area contributed by atoms with Gasteiger partial charge in [-0.3, -0.25) is 4.79 Å². The van der Waals surface area contributed by atoms with Crippen LogP contribution in [0.2, 0.25) is 0 Å². The molecule has 1 unspecified atom stereocenters. The van der Waals surface area contributed by atoms with Gasteiger partial charge in [0.1, 0.15) is 11.0 Å². The minimum absolute atomic E-state index is 0.123. The van der Waals surface area contributed by atoms with Crippen LogP contribution in [0.15, 0.2) is 23.1 Å². The number of carboxylic acid groups (broad SMARTS) is 1. The lowest BCUT2D eigenvalue weighted by Gasteiger charge is -2.13. The number of hydrogen-bond donors (Lipinski definition) is 2. The number of nitrogen functional groups attached to an aromatic ring is 1. The van der Waals surface area contributed by atoms with Gasteiger partial charge in [-0.05, 0) is 25.1 Å². The topological polar surface area (TPSA) is 81.8 Å². The zero-order valence-corrected chi connectivity index (χ0v) is 11.2. The number of anilines is 1. The third-order valence-corrected chi connectivity index (χ3v) is 3.39. The molecule has 5 nitrogen and oxygen atoms in total. The second-order valence-electron chi connectivity index (χ2n) is 3.53. The molecule has 1 aromatic rings. The molecule has 0 heterocycles. The molecule has 18 heavy (non-hydrogen) atoms. The fraction of sp³-hybridized carbons (Fsp3) is 0.417. The van der Waals surface area contributed by atoms with Gasteiger partial charge in [-0.25, -0.2) is 0 Å². The van der Waals surface area contributed by atoms with Crippen LogP contribution in [-0.2, 0) is 9.53 Å². The number of nitrogens with two attached hydrogens (primary N) is 1. The van der Waals surface area contributed by atoms with Crippen molar-refractivity contribution in [2.75, 3.05) is 26.1 Å². The normalized spacial score (nSPS) is 12.1. The zero-order valence-electron chi connectivity index (χ0n) is 10.4. The van der Waals surface area contributed by atoms with E-state index in [0.717, 1.165) is 11.8 Å². The summed E-state index contributed by atoms with van der Waals surface area (Å²) in [6, 6.07) is 5.21. The van der Waals surface area contributed by atoms with Gasteiger partial charge in [0.25, 0.3) is 0 Å². The Bertz CT molecular complexity index is 411. The van der Waals surface area contributed by atoms with Crippen LogP contribution in [0.5, 0.6) is 5.75 Å². The summed E-state index contributed by atoms with van der Waals surface area (Å²) in [4.78, 5) is 11.7. The molecule has 1 aromatic carbocycles. The lowest BCUT2D eigenvalue weighted by atomic mass is 10.3. The molecule has 1 rings (SSSR count). The molecular formula is C12H17NO4S. The molecule has 100 valence electrons. The Balaban J connectivity index is 2.86. The van der Waals surface area contributed by atoms with Gasteiger partial charge in [0, 0.05) is 17.7 Å². The number of aliphatic carboxylic acids is 1. The summed E-state index contributed by atoms with van der Waals surface area (Å²) in [5.74, 6) is -0.251. The van der Waals surface area contributed by atoms with Crippen LogP contribution in [0, 0.1) is 0 Å². The third-order valence-electron chi connectivity index (χ3n) is 2.16. The first kappa shape index (κ1) is 14.7. The molecule has 0 amide bonds. The van der Waals surface area contributed by atoms with Gasteiger partial charge in [-0.1, -0.05) is 0 Å². The van der Waals surface area contributed by atoms with Gasteiger partial charge >= 0.3 is 5.97 Å². The Labute approximate surface area is 110 Å². The van der Waals surface area contributed by atoms with Crippen LogP contribution in [0.25, 0.3) is 0 Å². The van der Waals surface area contributed by atoms with E-state index in [9.17, 15) is 4.79 Å². The number of thioether (sulfide) groups is 1. The Morgan fingerprint density at radius 2 is 2.28 bits per heavy atom. The molecular weight excluding hydrogens is 254 g/mol. The SMILES string of the molecule is CCOc1ccc(N)c(SC(COC)C(=O)O)c1. The summed E-state index contributed by atoms with van der Waals surface area (Å²) < 4.78 is 10.2.